The zero-order valence-electron chi connectivity index (χ0n) is 13.8. The number of rotatable bonds is 3. The highest BCUT2D eigenvalue weighted by molar-refractivity contribution is 6.08. The number of nitrogens with one attached hydrogen (secondary N) is 1. The summed E-state index contributed by atoms with van der Waals surface area (Å²) in [4.78, 5) is 17.5. The third-order valence-corrected chi connectivity index (χ3v) is 5.06. The molecule has 3 aromatic rings. The van der Waals surface area contributed by atoms with Gasteiger partial charge in [-0.05, 0) is 41.3 Å². The Morgan fingerprint density at radius 3 is 2.75 bits per heavy atom. The Labute approximate surface area is 141 Å². The quantitative estimate of drug-likeness (QED) is 0.778. The van der Waals surface area contributed by atoms with Gasteiger partial charge in [-0.25, -0.2) is 0 Å². The van der Waals surface area contributed by atoms with E-state index in [1.807, 2.05) is 6.07 Å². The van der Waals surface area contributed by atoms with Gasteiger partial charge in [-0.15, -0.1) is 0 Å². The molecule has 0 unspecified atom stereocenters. The summed E-state index contributed by atoms with van der Waals surface area (Å²) in [5.74, 6) is -0.386. The van der Waals surface area contributed by atoms with Crippen LogP contribution < -0.4 is 5.73 Å². The maximum Gasteiger partial charge on any atom is 0.250 e. The number of nitrogens with two attached hydrogens (primary N) is 1. The minimum Gasteiger partial charge on any atom is -0.366 e. The van der Waals surface area contributed by atoms with Gasteiger partial charge in [0.2, 0.25) is 0 Å². The van der Waals surface area contributed by atoms with Crippen molar-refractivity contribution in [1.29, 1.82) is 0 Å². The Balaban J connectivity index is 2.02. The number of likely N-dealkylation sites (N-methyl/N-ethyl adjacent to an activating group) is 1. The standard InChI is InChI=1S/C20H21N3O/c1-2-23-9-8-14-15(13-6-4-3-5-7-13)10-16-17(20(21)24)11-22-19(16)18(14)12-23/h3-7,10-11,22H,2,8-9,12H2,1H3,(H2,21,24). The number of H-pyrrole nitrogens is 1. The molecule has 0 radical (unpaired) electrons. The molecule has 1 aromatic heterocycles. The molecule has 4 nitrogen and oxygen atoms in total. The van der Waals surface area contributed by atoms with Crippen LogP contribution in [0.25, 0.3) is 22.0 Å². The zero-order chi connectivity index (χ0) is 16.7. The van der Waals surface area contributed by atoms with Crippen LogP contribution in [0.1, 0.15) is 28.4 Å². The lowest BCUT2D eigenvalue weighted by Gasteiger charge is -2.30. The van der Waals surface area contributed by atoms with E-state index in [9.17, 15) is 4.79 Å². The van der Waals surface area contributed by atoms with E-state index in [-0.39, 0.29) is 5.91 Å². The van der Waals surface area contributed by atoms with Crippen molar-refractivity contribution in [2.24, 2.45) is 5.73 Å². The average molecular weight is 319 g/mol. The molecule has 2 heterocycles. The minimum atomic E-state index is -0.386. The molecule has 0 aliphatic carbocycles. The van der Waals surface area contributed by atoms with Crippen LogP contribution in [-0.2, 0) is 13.0 Å². The summed E-state index contributed by atoms with van der Waals surface area (Å²) in [6.45, 7) is 5.19. The largest absolute Gasteiger partial charge is 0.366 e. The predicted octanol–water partition coefficient (Wildman–Crippen LogP) is 3.31. The van der Waals surface area contributed by atoms with E-state index in [0.717, 1.165) is 37.0 Å². The SMILES string of the molecule is CCN1CCc2c(-c3ccccc3)cc3c(C(N)=O)c[nH]c3c2C1. The third kappa shape index (κ3) is 2.31. The number of aromatic nitrogens is 1. The van der Waals surface area contributed by atoms with Gasteiger partial charge >= 0.3 is 0 Å². The molecule has 122 valence electrons. The number of amides is 1. The van der Waals surface area contributed by atoms with E-state index in [1.54, 1.807) is 6.20 Å². The van der Waals surface area contributed by atoms with Gasteiger partial charge in [0, 0.05) is 24.7 Å². The Kier molecular flexibility index (Phi) is 3.62. The highest BCUT2D eigenvalue weighted by Gasteiger charge is 2.23. The van der Waals surface area contributed by atoms with Gasteiger partial charge in [-0.3, -0.25) is 9.69 Å². The van der Waals surface area contributed by atoms with Crippen LogP contribution in [-0.4, -0.2) is 28.9 Å². The maximum atomic E-state index is 11.8. The molecule has 1 aliphatic rings. The number of carbonyl (C=O) groups excluding carboxylic acids is 1. The van der Waals surface area contributed by atoms with Crippen LogP contribution in [0.3, 0.4) is 0 Å². The molecule has 4 heteroatoms. The van der Waals surface area contributed by atoms with Crippen molar-refractivity contribution in [3.05, 3.63) is 59.3 Å². The first kappa shape index (κ1) is 15.0. The smallest absolute Gasteiger partial charge is 0.250 e. The van der Waals surface area contributed by atoms with Crippen molar-refractivity contribution < 1.29 is 4.79 Å². The molecule has 1 aliphatic heterocycles. The summed E-state index contributed by atoms with van der Waals surface area (Å²) in [7, 11) is 0. The second-order valence-electron chi connectivity index (χ2n) is 6.36. The number of nitrogens with zero attached hydrogens (tertiary/aromatic N) is 1. The van der Waals surface area contributed by atoms with Gasteiger partial charge in [0.05, 0.1) is 11.1 Å². The monoisotopic (exact) mass is 319 g/mol. The fourth-order valence-electron chi connectivity index (χ4n) is 3.76. The molecule has 0 saturated carbocycles. The number of hydrogen-bond acceptors (Lipinski definition) is 2. The lowest BCUT2D eigenvalue weighted by molar-refractivity contribution is 0.100. The number of hydrogen-bond donors (Lipinski definition) is 2. The first-order chi connectivity index (χ1) is 11.7. The fraction of sp³-hybridized carbons (Fsp3) is 0.250. The van der Waals surface area contributed by atoms with Crippen LogP contribution in [0.2, 0.25) is 0 Å². The highest BCUT2D eigenvalue weighted by atomic mass is 16.1. The summed E-state index contributed by atoms with van der Waals surface area (Å²) < 4.78 is 0. The van der Waals surface area contributed by atoms with E-state index < -0.39 is 0 Å². The lowest BCUT2D eigenvalue weighted by atomic mass is 9.88. The normalized spacial score (nSPS) is 14.7. The van der Waals surface area contributed by atoms with Crippen molar-refractivity contribution >= 4 is 16.8 Å². The van der Waals surface area contributed by atoms with Gasteiger partial charge in [0.25, 0.3) is 5.91 Å². The molecule has 0 fully saturated rings. The van der Waals surface area contributed by atoms with Crippen LogP contribution in [0.15, 0.2) is 42.6 Å². The number of benzene rings is 2. The van der Waals surface area contributed by atoms with E-state index in [2.05, 4.69) is 47.1 Å². The topological polar surface area (TPSA) is 62.1 Å². The van der Waals surface area contributed by atoms with Gasteiger partial charge in [-0.2, -0.15) is 0 Å². The summed E-state index contributed by atoms with van der Waals surface area (Å²) >= 11 is 0. The van der Waals surface area contributed by atoms with E-state index in [0.29, 0.717) is 5.56 Å². The fourth-order valence-corrected chi connectivity index (χ4v) is 3.76. The van der Waals surface area contributed by atoms with Crippen molar-refractivity contribution in [3.63, 3.8) is 0 Å². The molecule has 4 rings (SSSR count). The summed E-state index contributed by atoms with van der Waals surface area (Å²) in [6.07, 6.45) is 2.77. The van der Waals surface area contributed by atoms with Gasteiger partial charge < -0.3 is 10.7 Å². The molecular weight excluding hydrogens is 298 g/mol. The van der Waals surface area contributed by atoms with Gasteiger partial charge in [0.15, 0.2) is 0 Å². The summed E-state index contributed by atoms with van der Waals surface area (Å²) in [5, 5.41) is 0.929. The zero-order valence-corrected chi connectivity index (χ0v) is 13.8. The molecule has 0 saturated heterocycles. The molecule has 2 aromatic carbocycles. The molecular formula is C20H21N3O. The van der Waals surface area contributed by atoms with E-state index in [4.69, 9.17) is 5.73 Å². The molecule has 0 spiro atoms. The molecule has 1 amide bonds. The summed E-state index contributed by atoms with van der Waals surface area (Å²) in [5.41, 5.74) is 12.3. The van der Waals surface area contributed by atoms with Crippen LogP contribution in [0, 0.1) is 0 Å². The van der Waals surface area contributed by atoms with Gasteiger partial charge in [-0.1, -0.05) is 37.3 Å². The molecule has 0 atom stereocenters. The minimum absolute atomic E-state index is 0.386. The maximum absolute atomic E-state index is 11.8. The Hall–Kier alpha value is -2.59. The first-order valence-electron chi connectivity index (χ1n) is 8.42. The second-order valence-corrected chi connectivity index (χ2v) is 6.36. The van der Waals surface area contributed by atoms with Crippen molar-refractivity contribution in [3.8, 4) is 11.1 Å². The van der Waals surface area contributed by atoms with Crippen LogP contribution in [0.5, 0.6) is 0 Å². The Bertz CT molecular complexity index is 912. The second kappa shape index (κ2) is 5.80. The summed E-state index contributed by atoms with van der Waals surface area (Å²) in [6, 6.07) is 12.5. The molecule has 3 N–H and O–H groups in total. The van der Waals surface area contributed by atoms with E-state index in [1.165, 1.54) is 22.3 Å². The molecule has 24 heavy (non-hydrogen) atoms. The predicted molar refractivity (Wildman–Crippen MR) is 96.9 cm³/mol. The number of carbonyl (C=O) groups is 1. The third-order valence-electron chi connectivity index (χ3n) is 5.06. The Morgan fingerprint density at radius 1 is 1.25 bits per heavy atom. The average Bonchev–Trinajstić information content (AvgIpc) is 3.05. The van der Waals surface area contributed by atoms with Crippen LogP contribution in [0.4, 0.5) is 0 Å². The van der Waals surface area contributed by atoms with Crippen molar-refractivity contribution in [1.82, 2.24) is 9.88 Å². The molecule has 0 bridgehead atoms. The van der Waals surface area contributed by atoms with Crippen molar-refractivity contribution in [2.75, 3.05) is 13.1 Å². The van der Waals surface area contributed by atoms with E-state index >= 15 is 0 Å². The lowest BCUT2D eigenvalue weighted by Crippen LogP contribution is -2.30. The number of aromatic amines is 1. The number of primary amides is 1. The number of fused-ring (bicyclic) bond motifs is 3. The Morgan fingerprint density at radius 2 is 2.04 bits per heavy atom. The van der Waals surface area contributed by atoms with Gasteiger partial charge in [0.1, 0.15) is 0 Å². The highest BCUT2D eigenvalue weighted by Crippen LogP contribution is 2.36. The first-order valence-corrected chi connectivity index (χ1v) is 8.42. The van der Waals surface area contributed by atoms with Crippen molar-refractivity contribution in [2.45, 2.75) is 19.9 Å². The van der Waals surface area contributed by atoms with Crippen LogP contribution >= 0.6 is 0 Å².